The van der Waals surface area contributed by atoms with Gasteiger partial charge in [0.15, 0.2) is 0 Å². The van der Waals surface area contributed by atoms with Gasteiger partial charge < -0.3 is 20.3 Å². The quantitative estimate of drug-likeness (QED) is 0.0321. The third kappa shape index (κ3) is 47.6. The first-order valence-electron chi connectivity index (χ1n) is 27.3. The molecule has 62 heavy (non-hydrogen) atoms. The van der Waals surface area contributed by atoms with E-state index in [9.17, 15) is 19.8 Å². The number of allylic oxidation sites excluding steroid dienone is 5. The van der Waals surface area contributed by atoms with Crippen LogP contribution in [0.2, 0.25) is 0 Å². The van der Waals surface area contributed by atoms with E-state index in [1.54, 1.807) is 6.08 Å². The molecule has 0 aromatic rings. The summed E-state index contributed by atoms with van der Waals surface area (Å²) in [6, 6.07) is -0.633. The van der Waals surface area contributed by atoms with Crippen molar-refractivity contribution >= 4 is 11.9 Å². The smallest absolute Gasteiger partial charge is 0.305 e. The van der Waals surface area contributed by atoms with E-state index in [1.165, 1.54) is 199 Å². The Balaban J connectivity index is 3.46. The predicted molar refractivity (Wildman–Crippen MR) is 269 cm³/mol. The number of aliphatic hydroxyl groups excluding tert-OH is 2. The summed E-state index contributed by atoms with van der Waals surface area (Å²) in [5.74, 6) is -0.0877. The van der Waals surface area contributed by atoms with Crippen LogP contribution in [0.3, 0.4) is 0 Å². The van der Waals surface area contributed by atoms with Gasteiger partial charge in [-0.25, -0.2) is 0 Å². The largest absolute Gasteiger partial charge is 0.466 e. The first-order chi connectivity index (χ1) is 30.5. The highest BCUT2D eigenvalue weighted by Crippen LogP contribution is 2.16. The summed E-state index contributed by atoms with van der Waals surface area (Å²) in [4.78, 5) is 24.5. The second-order valence-corrected chi connectivity index (χ2v) is 18.6. The van der Waals surface area contributed by atoms with Gasteiger partial charge in [-0.1, -0.05) is 243 Å². The molecule has 1 amide bonds. The van der Waals surface area contributed by atoms with E-state index in [-0.39, 0.29) is 18.5 Å². The number of amides is 1. The molecule has 0 rings (SSSR count). The van der Waals surface area contributed by atoms with E-state index in [1.807, 2.05) is 6.08 Å². The number of carbonyl (C=O) groups is 2. The van der Waals surface area contributed by atoms with Gasteiger partial charge in [0, 0.05) is 12.8 Å². The number of nitrogens with one attached hydrogen (secondary N) is 1. The molecule has 0 saturated carbocycles. The number of carbonyl (C=O) groups excluding carboxylic acids is 2. The number of hydrogen-bond donors (Lipinski definition) is 3. The van der Waals surface area contributed by atoms with E-state index in [0.29, 0.717) is 19.4 Å². The zero-order valence-electron chi connectivity index (χ0n) is 41.4. The van der Waals surface area contributed by atoms with Crippen LogP contribution in [0.5, 0.6) is 0 Å². The molecule has 0 aliphatic heterocycles. The van der Waals surface area contributed by atoms with Gasteiger partial charge in [0.1, 0.15) is 0 Å². The molecule has 364 valence electrons. The zero-order valence-corrected chi connectivity index (χ0v) is 41.4. The van der Waals surface area contributed by atoms with Crippen LogP contribution in [0.1, 0.15) is 284 Å². The highest BCUT2D eigenvalue weighted by Gasteiger charge is 2.18. The predicted octanol–water partition coefficient (Wildman–Crippen LogP) is 16.5. The fraction of sp³-hybridized carbons (Fsp3) is 0.857. The Kier molecular flexibility index (Phi) is 50.1. The van der Waals surface area contributed by atoms with E-state index in [0.717, 1.165) is 57.8 Å². The Morgan fingerprint density at radius 2 is 0.806 bits per heavy atom. The number of aliphatic hydroxyl groups is 2. The lowest BCUT2D eigenvalue weighted by atomic mass is 10.0. The van der Waals surface area contributed by atoms with Gasteiger partial charge in [-0.2, -0.15) is 0 Å². The van der Waals surface area contributed by atoms with Crippen molar-refractivity contribution < 1.29 is 24.5 Å². The van der Waals surface area contributed by atoms with E-state index < -0.39 is 12.1 Å². The maximum Gasteiger partial charge on any atom is 0.305 e. The van der Waals surface area contributed by atoms with Crippen molar-refractivity contribution in [3.05, 3.63) is 36.5 Å². The van der Waals surface area contributed by atoms with Crippen molar-refractivity contribution in [3.63, 3.8) is 0 Å². The molecule has 2 unspecified atom stereocenters. The average Bonchev–Trinajstić information content (AvgIpc) is 3.27. The van der Waals surface area contributed by atoms with E-state index in [4.69, 9.17) is 4.74 Å². The standard InChI is InChI=1S/C56H105NO5/c1-3-5-7-9-11-13-15-17-21-26-30-34-38-42-46-50-56(61)62-51-47-43-39-35-31-27-23-20-19-22-25-29-33-37-41-45-49-55(60)57-53(52-58)54(59)48-44-40-36-32-28-24-18-16-14-12-10-8-6-4-2/h11,13,17,21,44,48,53-54,58-59H,3-10,12,14-16,18-20,22-43,45-47,49-52H2,1-2H3,(H,57,60)/b13-11-,21-17-,48-44+. The monoisotopic (exact) mass is 872 g/mol. The van der Waals surface area contributed by atoms with Crippen molar-refractivity contribution in [3.8, 4) is 0 Å². The number of rotatable bonds is 50. The Labute approximate surface area is 385 Å². The summed E-state index contributed by atoms with van der Waals surface area (Å²) in [5.41, 5.74) is 0. The SMILES string of the molecule is CCCCC/C=C\C/C=C\CCCCCCCC(=O)OCCCCCCCCCCCCCCCCCCC(=O)NC(CO)C(O)/C=C/CCCCCCCCCCCCCC. The fourth-order valence-electron chi connectivity index (χ4n) is 8.19. The molecule has 0 aromatic heterocycles. The van der Waals surface area contributed by atoms with Crippen LogP contribution in [0.25, 0.3) is 0 Å². The van der Waals surface area contributed by atoms with Gasteiger partial charge >= 0.3 is 5.97 Å². The van der Waals surface area contributed by atoms with Crippen LogP contribution in [-0.4, -0.2) is 47.4 Å². The minimum atomic E-state index is -0.849. The Hall–Kier alpha value is -1.92. The molecule has 0 fully saturated rings. The molecule has 0 spiro atoms. The van der Waals surface area contributed by atoms with E-state index >= 15 is 0 Å². The molecule has 6 nitrogen and oxygen atoms in total. The molecule has 0 radical (unpaired) electrons. The fourth-order valence-corrected chi connectivity index (χ4v) is 8.19. The highest BCUT2D eigenvalue weighted by molar-refractivity contribution is 5.76. The molecule has 6 heteroatoms. The van der Waals surface area contributed by atoms with Crippen molar-refractivity contribution in [2.24, 2.45) is 0 Å². The lowest BCUT2D eigenvalue weighted by Gasteiger charge is -2.20. The van der Waals surface area contributed by atoms with Crippen LogP contribution >= 0.6 is 0 Å². The summed E-state index contributed by atoms with van der Waals surface area (Å²) >= 11 is 0. The second-order valence-electron chi connectivity index (χ2n) is 18.6. The lowest BCUT2D eigenvalue weighted by molar-refractivity contribution is -0.143. The van der Waals surface area contributed by atoms with Crippen LogP contribution < -0.4 is 5.32 Å². The molecular weight excluding hydrogens is 767 g/mol. The van der Waals surface area contributed by atoms with Crippen LogP contribution in [0.15, 0.2) is 36.5 Å². The first kappa shape index (κ1) is 60.1. The number of hydrogen-bond acceptors (Lipinski definition) is 5. The molecular formula is C56H105NO5. The topological polar surface area (TPSA) is 95.9 Å². The third-order valence-electron chi connectivity index (χ3n) is 12.4. The molecule has 0 heterocycles. The minimum absolute atomic E-state index is 0.0122. The highest BCUT2D eigenvalue weighted by atomic mass is 16.5. The van der Waals surface area contributed by atoms with Gasteiger partial charge in [0.2, 0.25) is 5.91 Å². The molecule has 3 N–H and O–H groups in total. The zero-order chi connectivity index (χ0) is 45.1. The molecule has 0 saturated heterocycles. The van der Waals surface area contributed by atoms with Crippen LogP contribution in [-0.2, 0) is 14.3 Å². The summed E-state index contributed by atoms with van der Waals surface area (Å²) < 4.78 is 5.46. The molecule has 0 aromatic carbocycles. The van der Waals surface area contributed by atoms with Gasteiger partial charge in [-0.05, 0) is 64.2 Å². The molecule has 0 bridgehead atoms. The Morgan fingerprint density at radius 1 is 0.452 bits per heavy atom. The van der Waals surface area contributed by atoms with Gasteiger partial charge in [-0.15, -0.1) is 0 Å². The lowest BCUT2D eigenvalue weighted by Crippen LogP contribution is -2.45. The number of unbranched alkanes of at least 4 members (excludes halogenated alkanes) is 35. The van der Waals surface area contributed by atoms with Gasteiger partial charge in [0.05, 0.1) is 25.4 Å². The minimum Gasteiger partial charge on any atom is -0.466 e. The molecule has 0 aliphatic rings. The Bertz CT molecular complexity index is 1010. The second kappa shape index (κ2) is 51.7. The van der Waals surface area contributed by atoms with E-state index in [2.05, 4.69) is 43.5 Å². The van der Waals surface area contributed by atoms with Crippen LogP contribution in [0.4, 0.5) is 0 Å². The first-order valence-corrected chi connectivity index (χ1v) is 27.3. The van der Waals surface area contributed by atoms with Crippen molar-refractivity contribution in [2.75, 3.05) is 13.2 Å². The van der Waals surface area contributed by atoms with Gasteiger partial charge in [0.25, 0.3) is 0 Å². The number of ether oxygens (including phenoxy) is 1. The number of esters is 1. The Morgan fingerprint density at radius 3 is 1.26 bits per heavy atom. The summed E-state index contributed by atoms with van der Waals surface area (Å²) in [6.07, 6.45) is 62.9. The molecule has 2 atom stereocenters. The third-order valence-corrected chi connectivity index (χ3v) is 12.4. The maximum absolute atomic E-state index is 12.4. The van der Waals surface area contributed by atoms with Gasteiger partial charge in [-0.3, -0.25) is 9.59 Å². The summed E-state index contributed by atoms with van der Waals surface area (Å²) in [5, 5.41) is 23.1. The van der Waals surface area contributed by atoms with Crippen molar-refractivity contribution in [1.29, 1.82) is 0 Å². The summed E-state index contributed by atoms with van der Waals surface area (Å²) in [7, 11) is 0. The van der Waals surface area contributed by atoms with Crippen LogP contribution in [0, 0.1) is 0 Å². The van der Waals surface area contributed by atoms with Crippen molar-refractivity contribution in [2.45, 2.75) is 296 Å². The normalized spacial score (nSPS) is 12.9. The summed E-state index contributed by atoms with van der Waals surface area (Å²) in [6.45, 7) is 4.85. The van der Waals surface area contributed by atoms with Crippen molar-refractivity contribution in [1.82, 2.24) is 5.32 Å². The average molecular weight is 872 g/mol. The molecule has 0 aliphatic carbocycles. The maximum atomic E-state index is 12.4.